The predicted octanol–water partition coefficient (Wildman–Crippen LogP) is 0.390. The van der Waals surface area contributed by atoms with Crippen LogP contribution in [0.2, 0.25) is 0 Å². The van der Waals surface area contributed by atoms with Crippen LogP contribution < -0.4 is 10.1 Å². The molecule has 6 nitrogen and oxygen atoms in total. The number of rotatable bonds is 4. The van der Waals surface area contributed by atoms with Crippen LogP contribution in [-0.2, 0) is 11.3 Å². The molecule has 82 valence electrons. The number of hydrogen-bond acceptors (Lipinski definition) is 4. The molecular weight excluding hydrogens is 198 g/mol. The fraction of sp³-hybridized carbons (Fsp3) is 0.556. The van der Waals surface area contributed by atoms with Crippen LogP contribution >= 0.6 is 0 Å². The summed E-state index contributed by atoms with van der Waals surface area (Å²) in [6, 6.07) is 0. The van der Waals surface area contributed by atoms with Gasteiger partial charge in [0.15, 0.2) is 11.9 Å². The highest BCUT2D eigenvalue weighted by atomic mass is 16.6. The van der Waals surface area contributed by atoms with E-state index in [0.29, 0.717) is 18.9 Å². The molecule has 0 saturated carbocycles. The highest BCUT2D eigenvalue weighted by Gasteiger charge is 2.22. The van der Waals surface area contributed by atoms with Crippen LogP contribution in [0.3, 0.4) is 0 Å². The molecule has 0 bridgehead atoms. The van der Waals surface area contributed by atoms with E-state index in [4.69, 9.17) is 9.47 Å². The van der Waals surface area contributed by atoms with Crippen LogP contribution in [0, 0.1) is 0 Å². The van der Waals surface area contributed by atoms with Crippen LogP contribution in [0.5, 0.6) is 5.75 Å². The number of aryl methyl sites for hydroxylation is 1. The summed E-state index contributed by atoms with van der Waals surface area (Å²) in [4.78, 5) is 10.7. The maximum Gasteiger partial charge on any atom is 0.407 e. The summed E-state index contributed by atoms with van der Waals surface area (Å²) in [6.07, 6.45) is 2.87. The van der Waals surface area contributed by atoms with Crippen molar-refractivity contribution < 1.29 is 14.3 Å². The SMILES string of the molecule is CCn1cc(OCC2CNC(=O)O2)cn1. The summed E-state index contributed by atoms with van der Waals surface area (Å²) in [5, 5.41) is 6.62. The van der Waals surface area contributed by atoms with Gasteiger partial charge in [0.05, 0.1) is 18.9 Å². The number of cyclic esters (lactones) is 1. The number of ether oxygens (including phenoxy) is 2. The zero-order valence-corrected chi connectivity index (χ0v) is 8.47. The van der Waals surface area contributed by atoms with Crippen LogP contribution in [0.1, 0.15) is 6.92 Å². The summed E-state index contributed by atoms with van der Waals surface area (Å²) >= 11 is 0. The second-order valence-corrected chi connectivity index (χ2v) is 3.25. The third-order valence-corrected chi connectivity index (χ3v) is 2.12. The summed E-state index contributed by atoms with van der Waals surface area (Å²) in [5.41, 5.74) is 0. The maximum atomic E-state index is 10.7. The second kappa shape index (κ2) is 4.20. The van der Waals surface area contributed by atoms with Crippen molar-refractivity contribution in [2.24, 2.45) is 0 Å². The molecule has 1 amide bonds. The number of hydrogen-bond donors (Lipinski definition) is 1. The van der Waals surface area contributed by atoms with E-state index in [1.165, 1.54) is 0 Å². The molecule has 2 heterocycles. The van der Waals surface area contributed by atoms with Crippen molar-refractivity contribution in [3.05, 3.63) is 12.4 Å². The molecule has 2 rings (SSSR count). The maximum absolute atomic E-state index is 10.7. The summed E-state index contributed by atoms with van der Waals surface area (Å²) in [7, 11) is 0. The van der Waals surface area contributed by atoms with E-state index >= 15 is 0 Å². The monoisotopic (exact) mass is 211 g/mol. The Hall–Kier alpha value is -1.72. The van der Waals surface area contributed by atoms with E-state index in [1.54, 1.807) is 10.9 Å². The first-order valence-corrected chi connectivity index (χ1v) is 4.87. The molecule has 0 aromatic carbocycles. The van der Waals surface area contributed by atoms with E-state index in [1.807, 2.05) is 13.1 Å². The molecular formula is C9H13N3O3. The van der Waals surface area contributed by atoms with Gasteiger partial charge in [0, 0.05) is 6.54 Å². The Morgan fingerprint density at radius 3 is 3.27 bits per heavy atom. The first-order chi connectivity index (χ1) is 7.28. The van der Waals surface area contributed by atoms with Gasteiger partial charge < -0.3 is 14.8 Å². The van der Waals surface area contributed by atoms with Crippen molar-refractivity contribution >= 4 is 6.09 Å². The molecule has 6 heteroatoms. The molecule has 1 atom stereocenters. The molecule has 1 saturated heterocycles. The fourth-order valence-electron chi connectivity index (χ4n) is 1.31. The first-order valence-electron chi connectivity index (χ1n) is 4.87. The highest BCUT2D eigenvalue weighted by molar-refractivity contribution is 5.69. The number of aromatic nitrogens is 2. The largest absolute Gasteiger partial charge is 0.486 e. The topological polar surface area (TPSA) is 65.4 Å². The van der Waals surface area contributed by atoms with Gasteiger partial charge in [-0.05, 0) is 6.92 Å². The van der Waals surface area contributed by atoms with Crippen molar-refractivity contribution in [3.8, 4) is 5.75 Å². The third-order valence-electron chi connectivity index (χ3n) is 2.12. The first kappa shape index (κ1) is 9.82. The van der Waals surface area contributed by atoms with Gasteiger partial charge in [0.1, 0.15) is 6.61 Å². The Morgan fingerprint density at radius 1 is 1.80 bits per heavy atom. The molecule has 1 fully saturated rings. The lowest BCUT2D eigenvalue weighted by Crippen LogP contribution is -2.21. The fourth-order valence-corrected chi connectivity index (χ4v) is 1.31. The molecule has 1 aliphatic rings. The standard InChI is InChI=1S/C9H13N3O3/c1-2-12-5-7(4-11-12)14-6-8-3-10-9(13)15-8/h4-5,8H,2-3,6H2,1H3,(H,10,13). The van der Waals surface area contributed by atoms with Crippen molar-refractivity contribution in [2.45, 2.75) is 19.6 Å². The molecule has 1 aromatic rings. The lowest BCUT2D eigenvalue weighted by atomic mass is 10.4. The predicted molar refractivity (Wildman–Crippen MR) is 51.7 cm³/mol. The minimum Gasteiger partial charge on any atom is -0.486 e. The smallest absolute Gasteiger partial charge is 0.407 e. The average molecular weight is 211 g/mol. The minimum absolute atomic E-state index is 0.206. The lowest BCUT2D eigenvalue weighted by Gasteiger charge is -2.07. The average Bonchev–Trinajstić information content (AvgIpc) is 2.83. The van der Waals surface area contributed by atoms with Gasteiger partial charge in [-0.1, -0.05) is 0 Å². The van der Waals surface area contributed by atoms with Gasteiger partial charge in [-0.2, -0.15) is 5.10 Å². The van der Waals surface area contributed by atoms with Crippen LogP contribution in [0.25, 0.3) is 0 Å². The van der Waals surface area contributed by atoms with E-state index in [-0.39, 0.29) is 12.2 Å². The molecule has 1 aliphatic heterocycles. The zero-order chi connectivity index (χ0) is 10.7. The Balaban J connectivity index is 1.80. The Kier molecular flexibility index (Phi) is 2.75. The zero-order valence-electron chi connectivity index (χ0n) is 8.47. The van der Waals surface area contributed by atoms with Gasteiger partial charge in [-0.15, -0.1) is 0 Å². The molecule has 1 aromatic heterocycles. The van der Waals surface area contributed by atoms with E-state index < -0.39 is 0 Å². The summed E-state index contributed by atoms with van der Waals surface area (Å²) in [5.74, 6) is 0.694. The quantitative estimate of drug-likeness (QED) is 0.782. The minimum atomic E-state index is -0.382. The molecule has 0 spiro atoms. The van der Waals surface area contributed by atoms with Gasteiger partial charge in [-0.3, -0.25) is 4.68 Å². The number of nitrogens with zero attached hydrogens (tertiary/aromatic N) is 2. The molecule has 1 unspecified atom stereocenters. The lowest BCUT2D eigenvalue weighted by molar-refractivity contribution is 0.105. The van der Waals surface area contributed by atoms with E-state index in [9.17, 15) is 4.79 Å². The van der Waals surface area contributed by atoms with Crippen molar-refractivity contribution in [2.75, 3.05) is 13.2 Å². The Morgan fingerprint density at radius 2 is 2.67 bits per heavy atom. The highest BCUT2D eigenvalue weighted by Crippen LogP contribution is 2.10. The van der Waals surface area contributed by atoms with Crippen LogP contribution in [-0.4, -0.2) is 35.1 Å². The summed E-state index contributed by atoms with van der Waals surface area (Å²) < 4.78 is 12.1. The van der Waals surface area contributed by atoms with Crippen LogP contribution in [0.15, 0.2) is 12.4 Å². The van der Waals surface area contributed by atoms with Crippen molar-refractivity contribution in [1.29, 1.82) is 0 Å². The van der Waals surface area contributed by atoms with E-state index in [0.717, 1.165) is 6.54 Å². The van der Waals surface area contributed by atoms with E-state index in [2.05, 4.69) is 10.4 Å². The van der Waals surface area contributed by atoms with Gasteiger partial charge in [0.2, 0.25) is 0 Å². The van der Waals surface area contributed by atoms with Gasteiger partial charge >= 0.3 is 6.09 Å². The molecule has 0 aliphatic carbocycles. The normalized spacial score (nSPS) is 19.8. The molecule has 0 radical (unpaired) electrons. The summed E-state index contributed by atoms with van der Waals surface area (Å²) in [6.45, 7) is 3.66. The number of carbonyl (C=O) groups excluding carboxylic acids is 1. The van der Waals surface area contributed by atoms with Crippen LogP contribution in [0.4, 0.5) is 4.79 Å². The number of nitrogens with one attached hydrogen (secondary N) is 1. The van der Waals surface area contributed by atoms with Crippen molar-refractivity contribution in [3.63, 3.8) is 0 Å². The van der Waals surface area contributed by atoms with Crippen molar-refractivity contribution in [1.82, 2.24) is 15.1 Å². The molecule has 15 heavy (non-hydrogen) atoms. The Bertz CT molecular complexity index is 350. The van der Waals surface area contributed by atoms with Gasteiger partial charge in [0.25, 0.3) is 0 Å². The number of amides is 1. The second-order valence-electron chi connectivity index (χ2n) is 3.25. The number of alkyl carbamates (subject to hydrolysis) is 1. The Labute approximate surface area is 87.2 Å². The third kappa shape index (κ3) is 2.39. The number of carbonyl (C=O) groups is 1. The molecule has 1 N–H and O–H groups in total. The van der Waals surface area contributed by atoms with Gasteiger partial charge in [-0.25, -0.2) is 4.79 Å².